The third-order valence-electron chi connectivity index (χ3n) is 1.71. The molecule has 0 aliphatic rings. The van der Waals surface area contributed by atoms with Gasteiger partial charge in [0.15, 0.2) is 0 Å². The second-order valence-corrected chi connectivity index (χ2v) is 3.99. The minimum Gasteiger partial charge on any atom is -0.312 e. The van der Waals surface area contributed by atoms with E-state index in [1.807, 2.05) is 13.0 Å². The Morgan fingerprint density at radius 3 is 2.93 bits per heavy atom. The molecule has 0 unspecified atom stereocenters. The molecule has 1 aromatic heterocycles. The molecule has 14 heavy (non-hydrogen) atoms. The standard InChI is InChI=1S/C10H17N3S/c1-3-4-11-5-6-12-7-10-13-9(2)8-14-10/h3,8,11-12H,1,4-7H2,2H3. The van der Waals surface area contributed by atoms with Crippen molar-refractivity contribution >= 4 is 11.3 Å². The zero-order chi connectivity index (χ0) is 10.2. The van der Waals surface area contributed by atoms with Crippen LogP contribution >= 0.6 is 11.3 Å². The van der Waals surface area contributed by atoms with E-state index in [0.717, 1.165) is 36.9 Å². The SMILES string of the molecule is C=CCNCCNCc1nc(C)cs1. The van der Waals surface area contributed by atoms with E-state index in [1.165, 1.54) is 0 Å². The largest absolute Gasteiger partial charge is 0.312 e. The highest BCUT2D eigenvalue weighted by molar-refractivity contribution is 7.09. The number of aryl methyl sites for hydroxylation is 1. The van der Waals surface area contributed by atoms with Crippen LogP contribution in [0.1, 0.15) is 10.7 Å². The maximum Gasteiger partial charge on any atom is 0.107 e. The van der Waals surface area contributed by atoms with Crippen molar-refractivity contribution in [1.82, 2.24) is 15.6 Å². The van der Waals surface area contributed by atoms with Crippen molar-refractivity contribution in [3.63, 3.8) is 0 Å². The first-order valence-corrected chi connectivity index (χ1v) is 5.64. The summed E-state index contributed by atoms with van der Waals surface area (Å²) in [4.78, 5) is 4.36. The van der Waals surface area contributed by atoms with E-state index >= 15 is 0 Å². The molecule has 0 spiro atoms. The zero-order valence-electron chi connectivity index (χ0n) is 8.55. The zero-order valence-corrected chi connectivity index (χ0v) is 9.36. The molecule has 1 heterocycles. The van der Waals surface area contributed by atoms with Crippen LogP contribution in [0.15, 0.2) is 18.0 Å². The highest BCUT2D eigenvalue weighted by Gasteiger charge is 1.96. The van der Waals surface area contributed by atoms with E-state index in [-0.39, 0.29) is 0 Å². The Balaban J connectivity index is 2.01. The maximum atomic E-state index is 4.36. The van der Waals surface area contributed by atoms with Crippen molar-refractivity contribution in [2.45, 2.75) is 13.5 Å². The van der Waals surface area contributed by atoms with Crippen LogP contribution in [0.2, 0.25) is 0 Å². The van der Waals surface area contributed by atoms with Gasteiger partial charge < -0.3 is 10.6 Å². The summed E-state index contributed by atoms with van der Waals surface area (Å²) in [5.41, 5.74) is 1.11. The molecule has 0 saturated heterocycles. The summed E-state index contributed by atoms with van der Waals surface area (Å²) < 4.78 is 0. The molecule has 3 nitrogen and oxygen atoms in total. The van der Waals surface area contributed by atoms with E-state index in [1.54, 1.807) is 11.3 Å². The second kappa shape index (κ2) is 6.70. The van der Waals surface area contributed by atoms with Gasteiger partial charge in [0.1, 0.15) is 5.01 Å². The van der Waals surface area contributed by atoms with Crippen LogP contribution in [-0.2, 0) is 6.54 Å². The van der Waals surface area contributed by atoms with Gasteiger partial charge in [-0.3, -0.25) is 0 Å². The Morgan fingerprint density at radius 1 is 1.50 bits per heavy atom. The molecule has 0 bridgehead atoms. The normalized spacial score (nSPS) is 10.4. The summed E-state index contributed by atoms with van der Waals surface area (Å²) in [6.45, 7) is 9.33. The molecule has 0 amide bonds. The van der Waals surface area contributed by atoms with Gasteiger partial charge in [0, 0.05) is 37.3 Å². The molecular formula is C10H17N3S. The lowest BCUT2D eigenvalue weighted by Crippen LogP contribution is -2.26. The van der Waals surface area contributed by atoms with Crippen LogP contribution in [0.4, 0.5) is 0 Å². The predicted molar refractivity (Wildman–Crippen MR) is 61.6 cm³/mol. The quantitative estimate of drug-likeness (QED) is 0.527. The van der Waals surface area contributed by atoms with Gasteiger partial charge in [-0.25, -0.2) is 4.98 Å². The summed E-state index contributed by atoms with van der Waals surface area (Å²) in [6.07, 6.45) is 1.87. The third-order valence-corrected chi connectivity index (χ3v) is 2.68. The molecule has 4 heteroatoms. The molecule has 0 radical (unpaired) electrons. The van der Waals surface area contributed by atoms with Crippen LogP contribution in [0.25, 0.3) is 0 Å². The van der Waals surface area contributed by atoms with Crippen LogP contribution in [0.5, 0.6) is 0 Å². The average Bonchev–Trinajstić information content (AvgIpc) is 2.58. The number of nitrogens with one attached hydrogen (secondary N) is 2. The van der Waals surface area contributed by atoms with Crippen molar-refractivity contribution in [2.24, 2.45) is 0 Å². The molecule has 0 saturated carbocycles. The lowest BCUT2D eigenvalue weighted by Gasteiger charge is -2.02. The van der Waals surface area contributed by atoms with Crippen molar-refractivity contribution in [3.8, 4) is 0 Å². The molecule has 78 valence electrons. The topological polar surface area (TPSA) is 37.0 Å². The number of nitrogens with zero attached hydrogens (tertiary/aromatic N) is 1. The van der Waals surface area contributed by atoms with Crippen molar-refractivity contribution < 1.29 is 0 Å². The Hall–Kier alpha value is -0.710. The van der Waals surface area contributed by atoms with Gasteiger partial charge in [-0.2, -0.15) is 0 Å². The van der Waals surface area contributed by atoms with Crippen molar-refractivity contribution in [2.75, 3.05) is 19.6 Å². The monoisotopic (exact) mass is 211 g/mol. The minimum absolute atomic E-state index is 0.869. The van der Waals surface area contributed by atoms with Gasteiger partial charge in [-0.05, 0) is 6.92 Å². The predicted octanol–water partition coefficient (Wildman–Crippen LogP) is 1.32. The highest BCUT2D eigenvalue weighted by atomic mass is 32.1. The molecule has 0 aliphatic heterocycles. The second-order valence-electron chi connectivity index (χ2n) is 3.05. The fraction of sp³-hybridized carbons (Fsp3) is 0.500. The summed E-state index contributed by atoms with van der Waals surface area (Å²) in [5.74, 6) is 0. The lowest BCUT2D eigenvalue weighted by atomic mass is 10.5. The Bertz CT molecular complexity index is 270. The third kappa shape index (κ3) is 4.50. The van der Waals surface area contributed by atoms with Crippen LogP contribution < -0.4 is 10.6 Å². The first-order chi connectivity index (χ1) is 6.83. The first-order valence-electron chi connectivity index (χ1n) is 4.76. The minimum atomic E-state index is 0.869. The molecular weight excluding hydrogens is 194 g/mol. The summed E-state index contributed by atoms with van der Waals surface area (Å²) in [6, 6.07) is 0. The van der Waals surface area contributed by atoms with Crippen LogP contribution in [0.3, 0.4) is 0 Å². The highest BCUT2D eigenvalue weighted by Crippen LogP contribution is 2.07. The van der Waals surface area contributed by atoms with Crippen LogP contribution in [0, 0.1) is 6.92 Å². The Kier molecular flexibility index (Phi) is 5.44. The van der Waals surface area contributed by atoms with E-state index in [0.29, 0.717) is 0 Å². The summed E-state index contributed by atoms with van der Waals surface area (Å²) >= 11 is 1.71. The van der Waals surface area contributed by atoms with Gasteiger partial charge in [-0.1, -0.05) is 6.08 Å². The molecule has 2 N–H and O–H groups in total. The molecule has 1 rings (SSSR count). The smallest absolute Gasteiger partial charge is 0.107 e. The Morgan fingerprint density at radius 2 is 2.29 bits per heavy atom. The molecule has 0 aliphatic carbocycles. The van der Waals surface area contributed by atoms with Gasteiger partial charge in [0.05, 0.1) is 0 Å². The van der Waals surface area contributed by atoms with Crippen LogP contribution in [-0.4, -0.2) is 24.6 Å². The fourth-order valence-corrected chi connectivity index (χ4v) is 1.80. The van der Waals surface area contributed by atoms with Gasteiger partial charge >= 0.3 is 0 Å². The molecule has 0 fully saturated rings. The van der Waals surface area contributed by atoms with E-state index < -0.39 is 0 Å². The first kappa shape index (κ1) is 11.4. The molecule has 1 aromatic rings. The number of rotatable bonds is 7. The molecule has 0 atom stereocenters. The lowest BCUT2D eigenvalue weighted by molar-refractivity contribution is 0.633. The summed E-state index contributed by atoms with van der Waals surface area (Å²) in [5, 5.41) is 9.79. The fourth-order valence-electron chi connectivity index (χ4n) is 1.06. The average molecular weight is 211 g/mol. The van der Waals surface area contributed by atoms with E-state index in [2.05, 4.69) is 27.6 Å². The maximum absolute atomic E-state index is 4.36. The molecule has 0 aromatic carbocycles. The van der Waals surface area contributed by atoms with E-state index in [9.17, 15) is 0 Å². The van der Waals surface area contributed by atoms with Gasteiger partial charge in [0.25, 0.3) is 0 Å². The van der Waals surface area contributed by atoms with E-state index in [4.69, 9.17) is 0 Å². The van der Waals surface area contributed by atoms with Crippen molar-refractivity contribution in [3.05, 3.63) is 28.7 Å². The number of aromatic nitrogens is 1. The number of hydrogen-bond acceptors (Lipinski definition) is 4. The van der Waals surface area contributed by atoms with Crippen molar-refractivity contribution in [1.29, 1.82) is 0 Å². The summed E-state index contributed by atoms with van der Waals surface area (Å²) in [7, 11) is 0. The number of hydrogen-bond donors (Lipinski definition) is 2. The van der Waals surface area contributed by atoms with Gasteiger partial charge in [-0.15, -0.1) is 17.9 Å². The number of thiazole rings is 1. The Labute approximate surface area is 89.3 Å². The van der Waals surface area contributed by atoms with Gasteiger partial charge in [0.2, 0.25) is 0 Å².